The van der Waals surface area contributed by atoms with Crippen molar-refractivity contribution in [2.45, 2.75) is 32.2 Å². The van der Waals surface area contributed by atoms with Gasteiger partial charge in [0.1, 0.15) is 0 Å². The number of ether oxygens (including phenoxy) is 1. The number of fused-ring (bicyclic) bond motifs is 1. The minimum atomic E-state index is -0.527. The topological polar surface area (TPSA) is 75.7 Å². The lowest BCUT2D eigenvalue weighted by molar-refractivity contribution is -0.148. The van der Waals surface area contributed by atoms with Crippen LogP contribution in [0.5, 0.6) is 0 Å². The van der Waals surface area contributed by atoms with Crippen LogP contribution in [0.4, 0.5) is 5.69 Å². The molecular formula is C22H24N2O4. The number of esters is 1. The molecule has 0 saturated heterocycles. The Bertz CT molecular complexity index is 851. The van der Waals surface area contributed by atoms with Crippen LogP contribution in [0.2, 0.25) is 0 Å². The molecule has 0 aromatic heterocycles. The number of para-hydroxylation sites is 1. The van der Waals surface area contributed by atoms with Crippen LogP contribution in [0.3, 0.4) is 0 Å². The Balaban J connectivity index is 1.59. The summed E-state index contributed by atoms with van der Waals surface area (Å²) < 4.78 is 5.22. The smallest absolute Gasteiger partial charge is 0.308 e. The second-order valence-electron chi connectivity index (χ2n) is 6.81. The molecule has 0 spiro atoms. The van der Waals surface area contributed by atoms with Gasteiger partial charge in [-0.25, -0.2) is 0 Å². The Hall–Kier alpha value is -3.15. The standard InChI is InChI=1S/C22H24N2O4/c1-16(25)23-19(17-8-3-2-4-9-17)14-22(27)28-15-21(26)24-13-7-11-18-10-5-6-12-20(18)24/h2-6,8-10,12,19H,7,11,13-15H2,1H3,(H,23,25)/t19-/m0/s1. The quantitative estimate of drug-likeness (QED) is 0.782. The Labute approximate surface area is 164 Å². The van der Waals surface area contributed by atoms with Crippen molar-refractivity contribution in [1.82, 2.24) is 5.32 Å². The van der Waals surface area contributed by atoms with Crippen molar-refractivity contribution in [3.05, 3.63) is 65.7 Å². The second-order valence-corrected chi connectivity index (χ2v) is 6.81. The molecule has 2 amide bonds. The lowest BCUT2D eigenvalue weighted by atomic mass is 10.0. The third kappa shape index (κ3) is 4.97. The van der Waals surface area contributed by atoms with E-state index < -0.39 is 12.0 Å². The molecule has 146 valence electrons. The number of amides is 2. The minimum absolute atomic E-state index is 0.0343. The van der Waals surface area contributed by atoms with Crippen LogP contribution in [-0.4, -0.2) is 30.9 Å². The number of carbonyl (C=O) groups is 3. The van der Waals surface area contributed by atoms with Gasteiger partial charge in [-0.2, -0.15) is 0 Å². The summed E-state index contributed by atoms with van der Waals surface area (Å²) in [5.41, 5.74) is 2.82. The third-order valence-electron chi connectivity index (χ3n) is 4.72. The number of anilines is 1. The second kappa shape index (κ2) is 9.17. The van der Waals surface area contributed by atoms with Gasteiger partial charge in [-0.15, -0.1) is 0 Å². The number of benzene rings is 2. The normalized spacial score (nSPS) is 14.0. The molecule has 0 unspecified atom stereocenters. The Morgan fingerprint density at radius 2 is 1.79 bits per heavy atom. The fourth-order valence-electron chi connectivity index (χ4n) is 3.42. The molecule has 1 aliphatic heterocycles. The highest BCUT2D eigenvalue weighted by atomic mass is 16.5. The maximum Gasteiger partial charge on any atom is 0.308 e. The zero-order valence-corrected chi connectivity index (χ0v) is 15.9. The van der Waals surface area contributed by atoms with E-state index in [1.54, 1.807) is 4.90 Å². The highest BCUT2D eigenvalue weighted by Gasteiger charge is 2.24. The van der Waals surface area contributed by atoms with Gasteiger partial charge < -0.3 is 15.0 Å². The van der Waals surface area contributed by atoms with Gasteiger partial charge in [0.2, 0.25) is 5.91 Å². The number of nitrogens with zero attached hydrogens (tertiary/aromatic N) is 1. The molecular weight excluding hydrogens is 356 g/mol. The van der Waals surface area contributed by atoms with Crippen molar-refractivity contribution in [2.75, 3.05) is 18.1 Å². The van der Waals surface area contributed by atoms with Crippen molar-refractivity contribution in [3.63, 3.8) is 0 Å². The number of aryl methyl sites for hydroxylation is 1. The first-order valence-corrected chi connectivity index (χ1v) is 9.40. The molecule has 0 aliphatic carbocycles. The fourth-order valence-corrected chi connectivity index (χ4v) is 3.42. The van der Waals surface area contributed by atoms with E-state index in [4.69, 9.17) is 4.74 Å². The molecule has 0 bridgehead atoms. The van der Waals surface area contributed by atoms with E-state index >= 15 is 0 Å². The van der Waals surface area contributed by atoms with Gasteiger partial charge in [-0.05, 0) is 30.0 Å². The molecule has 1 N–H and O–H groups in total. The SMILES string of the molecule is CC(=O)N[C@@H](CC(=O)OCC(=O)N1CCCc2ccccc21)c1ccccc1. The Morgan fingerprint density at radius 1 is 1.07 bits per heavy atom. The van der Waals surface area contributed by atoms with E-state index in [-0.39, 0.29) is 24.8 Å². The Morgan fingerprint density at radius 3 is 2.54 bits per heavy atom. The van der Waals surface area contributed by atoms with Crippen LogP contribution >= 0.6 is 0 Å². The first-order chi connectivity index (χ1) is 13.5. The maximum absolute atomic E-state index is 12.6. The van der Waals surface area contributed by atoms with Crippen molar-refractivity contribution < 1.29 is 19.1 Å². The van der Waals surface area contributed by atoms with Crippen molar-refractivity contribution in [2.24, 2.45) is 0 Å². The number of hydrogen-bond donors (Lipinski definition) is 1. The van der Waals surface area contributed by atoms with Gasteiger partial charge in [0, 0.05) is 19.2 Å². The molecule has 28 heavy (non-hydrogen) atoms. The van der Waals surface area contributed by atoms with Crippen molar-refractivity contribution in [1.29, 1.82) is 0 Å². The highest BCUT2D eigenvalue weighted by molar-refractivity contribution is 5.96. The van der Waals surface area contributed by atoms with Crippen molar-refractivity contribution in [3.8, 4) is 0 Å². The van der Waals surface area contributed by atoms with Crippen LogP contribution in [0.25, 0.3) is 0 Å². The predicted molar refractivity (Wildman–Crippen MR) is 106 cm³/mol. The summed E-state index contributed by atoms with van der Waals surface area (Å²) in [6.45, 7) is 1.71. The molecule has 0 saturated carbocycles. The van der Waals surface area contributed by atoms with Crippen LogP contribution in [-0.2, 0) is 25.5 Å². The van der Waals surface area contributed by atoms with E-state index in [0.717, 1.165) is 29.7 Å². The van der Waals surface area contributed by atoms with Gasteiger partial charge in [-0.3, -0.25) is 14.4 Å². The summed E-state index contributed by atoms with van der Waals surface area (Å²) in [4.78, 5) is 38.0. The average molecular weight is 380 g/mol. The van der Waals surface area contributed by atoms with Gasteiger partial charge in [0.25, 0.3) is 5.91 Å². The lowest BCUT2D eigenvalue weighted by Crippen LogP contribution is -2.38. The molecule has 3 rings (SSSR count). The van der Waals surface area contributed by atoms with E-state index in [1.165, 1.54) is 6.92 Å². The summed E-state index contributed by atoms with van der Waals surface area (Å²) in [5, 5.41) is 2.76. The summed E-state index contributed by atoms with van der Waals surface area (Å²) in [5.74, 6) is -1.000. The van der Waals surface area contributed by atoms with Crippen LogP contribution in [0.1, 0.15) is 36.9 Å². The molecule has 1 atom stereocenters. The molecule has 6 heteroatoms. The largest absolute Gasteiger partial charge is 0.455 e. The number of rotatable bonds is 6. The highest BCUT2D eigenvalue weighted by Crippen LogP contribution is 2.26. The number of nitrogens with one attached hydrogen (secondary N) is 1. The molecule has 2 aromatic rings. The molecule has 0 fully saturated rings. The zero-order chi connectivity index (χ0) is 19.9. The van der Waals surface area contributed by atoms with Gasteiger partial charge in [-0.1, -0.05) is 48.5 Å². The maximum atomic E-state index is 12.6. The predicted octanol–water partition coefficient (Wildman–Crippen LogP) is 2.78. The van der Waals surface area contributed by atoms with Gasteiger partial charge in [0.05, 0.1) is 12.5 Å². The van der Waals surface area contributed by atoms with E-state index in [2.05, 4.69) is 5.32 Å². The summed E-state index contributed by atoms with van der Waals surface area (Å²) in [6.07, 6.45) is 1.79. The Kier molecular flexibility index (Phi) is 6.42. The molecule has 1 aliphatic rings. The van der Waals surface area contributed by atoms with E-state index in [0.29, 0.717) is 6.54 Å². The van der Waals surface area contributed by atoms with Crippen molar-refractivity contribution >= 4 is 23.5 Å². The summed E-state index contributed by atoms with van der Waals surface area (Å²) in [6, 6.07) is 16.5. The van der Waals surface area contributed by atoms with Crippen LogP contribution in [0.15, 0.2) is 54.6 Å². The first kappa shape index (κ1) is 19.6. The number of carbonyl (C=O) groups excluding carboxylic acids is 3. The van der Waals surface area contributed by atoms with E-state index in [9.17, 15) is 14.4 Å². The molecule has 6 nitrogen and oxygen atoms in total. The minimum Gasteiger partial charge on any atom is -0.455 e. The van der Waals surface area contributed by atoms with Gasteiger partial charge >= 0.3 is 5.97 Å². The third-order valence-corrected chi connectivity index (χ3v) is 4.72. The lowest BCUT2D eigenvalue weighted by Gasteiger charge is -2.29. The first-order valence-electron chi connectivity index (χ1n) is 9.40. The molecule has 1 heterocycles. The fraction of sp³-hybridized carbons (Fsp3) is 0.318. The summed E-state index contributed by atoms with van der Waals surface area (Å²) in [7, 11) is 0. The molecule has 0 radical (unpaired) electrons. The zero-order valence-electron chi connectivity index (χ0n) is 15.9. The monoisotopic (exact) mass is 380 g/mol. The van der Waals surface area contributed by atoms with Crippen LogP contribution < -0.4 is 10.2 Å². The van der Waals surface area contributed by atoms with Crippen LogP contribution in [0, 0.1) is 0 Å². The summed E-state index contributed by atoms with van der Waals surface area (Å²) >= 11 is 0. The number of hydrogen-bond acceptors (Lipinski definition) is 4. The molecule has 2 aromatic carbocycles. The van der Waals surface area contributed by atoms with Gasteiger partial charge in [0.15, 0.2) is 6.61 Å². The van der Waals surface area contributed by atoms with E-state index in [1.807, 2.05) is 54.6 Å². The average Bonchev–Trinajstić information content (AvgIpc) is 2.71.